The molecule has 2 N–H and O–H groups in total. The number of allylic oxidation sites excluding steroid dienone is 2. The van der Waals surface area contributed by atoms with Crippen molar-refractivity contribution in [2.24, 2.45) is 5.84 Å². The molecule has 0 saturated carbocycles. The smallest absolute Gasteiger partial charge is 0.162 e. The molecule has 1 fully saturated rings. The predicted molar refractivity (Wildman–Crippen MR) is 97.4 cm³/mol. The molecule has 1 aromatic heterocycles. The molecule has 1 aromatic rings. The second-order valence-electron chi connectivity index (χ2n) is 6.61. The van der Waals surface area contributed by atoms with E-state index in [-0.39, 0.29) is 17.5 Å². The first-order valence-electron chi connectivity index (χ1n) is 8.51. The summed E-state index contributed by atoms with van der Waals surface area (Å²) in [6.07, 6.45) is 1.16. The molecule has 0 aliphatic carbocycles. The summed E-state index contributed by atoms with van der Waals surface area (Å²) in [5.41, 5.74) is 3.03. The van der Waals surface area contributed by atoms with E-state index in [1.54, 1.807) is 0 Å². The number of sulfone groups is 1. The summed E-state index contributed by atoms with van der Waals surface area (Å²) < 4.78 is 31.4. The molecule has 1 atom stereocenters. The standard InChI is InChI=1S/C16H25ClN4O3S/c1-4-24-9-13-19-14-15(10(2)11(3)21(18)16(14)17)20(13)12-5-7-25(22,23)8-6-12/h12,16H,4-9,18H2,1-3H3. The van der Waals surface area contributed by atoms with Gasteiger partial charge < -0.3 is 9.30 Å². The molecule has 25 heavy (non-hydrogen) atoms. The van der Waals surface area contributed by atoms with Crippen LogP contribution in [-0.4, -0.2) is 41.1 Å². The largest absolute Gasteiger partial charge is 0.374 e. The van der Waals surface area contributed by atoms with Crippen LogP contribution in [0.2, 0.25) is 0 Å². The van der Waals surface area contributed by atoms with Gasteiger partial charge in [0.05, 0.1) is 17.2 Å². The monoisotopic (exact) mass is 388 g/mol. The highest BCUT2D eigenvalue weighted by molar-refractivity contribution is 7.91. The molecular weight excluding hydrogens is 364 g/mol. The van der Waals surface area contributed by atoms with Gasteiger partial charge in [0.15, 0.2) is 5.50 Å². The summed E-state index contributed by atoms with van der Waals surface area (Å²) in [5.74, 6) is 7.27. The number of halogens is 1. The Balaban J connectivity index is 2.09. The van der Waals surface area contributed by atoms with Crippen LogP contribution in [-0.2, 0) is 21.2 Å². The van der Waals surface area contributed by atoms with E-state index in [1.807, 2.05) is 20.8 Å². The third-order valence-electron chi connectivity index (χ3n) is 5.09. The molecular formula is C16H25ClN4O3S. The third-order valence-corrected chi connectivity index (χ3v) is 7.22. The minimum absolute atomic E-state index is 0.0752. The first-order valence-corrected chi connectivity index (χ1v) is 10.8. The van der Waals surface area contributed by atoms with Crippen LogP contribution in [0.15, 0.2) is 5.70 Å². The van der Waals surface area contributed by atoms with Gasteiger partial charge in [-0.3, -0.25) is 5.01 Å². The van der Waals surface area contributed by atoms with Crippen molar-refractivity contribution in [3.63, 3.8) is 0 Å². The zero-order valence-electron chi connectivity index (χ0n) is 14.8. The number of rotatable bonds is 4. The molecule has 1 saturated heterocycles. The van der Waals surface area contributed by atoms with Gasteiger partial charge in [-0.1, -0.05) is 11.6 Å². The van der Waals surface area contributed by atoms with E-state index in [1.165, 1.54) is 5.01 Å². The number of imidazole rings is 1. The number of ether oxygens (including phenoxy) is 1. The number of aromatic nitrogens is 2. The summed E-state index contributed by atoms with van der Waals surface area (Å²) in [6.45, 7) is 6.81. The molecule has 0 spiro atoms. The lowest BCUT2D eigenvalue weighted by molar-refractivity contribution is 0.123. The first kappa shape index (κ1) is 18.7. The Morgan fingerprint density at radius 2 is 1.96 bits per heavy atom. The minimum Gasteiger partial charge on any atom is -0.374 e. The van der Waals surface area contributed by atoms with Crippen molar-refractivity contribution in [3.8, 4) is 0 Å². The summed E-state index contributed by atoms with van der Waals surface area (Å²) in [6, 6.07) is 0.0752. The number of nitrogens with two attached hydrogens (primary N) is 1. The van der Waals surface area contributed by atoms with Crippen LogP contribution in [0.3, 0.4) is 0 Å². The van der Waals surface area contributed by atoms with E-state index in [0.717, 1.165) is 28.5 Å². The fourth-order valence-electron chi connectivity index (χ4n) is 3.53. The Bertz CT molecular complexity index is 789. The summed E-state index contributed by atoms with van der Waals surface area (Å²) in [7, 11) is -2.93. The molecule has 7 nitrogen and oxygen atoms in total. The average molecular weight is 389 g/mol. The Kier molecular flexibility index (Phi) is 5.16. The Morgan fingerprint density at radius 3 is 2.56 bits per heavy atom. The zero-order valence-corrected chi connectivity index (χ0v) is 16.4. The van der Waals surface area contributed by atoms with E-state index < -0.39 is 15.3 Å². The molecule has 0 aromatic carbocycles. The van der Waals surface area contributed by atoms with Gasteiger partial charge in [0.2, 0.25) is 0 Å². The van der Waals surface area contributed by atoms with Crippen molar-refractivity contribution in [3.05, 3.63) is 22.9 Å². The highest BCUT2D eigenvalue weighted by Gasteiger charge is 2.36. The highest BCUT2D eigenvalue weighted by Crippen LogP contribution is 2.41. The predicted octanol–water partition coefficient (Wildman–Crippen LogP) is 2.35. The lowest BCUT2D eigenvalue weighted by atomic mass is 10.0. The fraction of sp³-hybridized carbons (Fsp3) is 0.688. The second kappa shape index (κ2) is 6.90. The first-order chi connectivity index (χ1) is 11.8. The maximum absolute atomic E-state index is 11.8. The second-order valence-corrected chi connectivity index (χ2v) is 9.32. The van der Waals surface area contributed by atoms with Crippen LogP contribution < -0.4 is 5.84 Å². The number of hydrogen-bond donors (Lipinski definition) is 1. The van der Waals surface area contributed by atoms with Crippen LogP contribution in [0.25, 0.3) is 5.57 Å². The number of fused-ring (bicyclic) bond motifs is 1. The topological polar surface area (TPSA) is 90.5 Å². The lowest BCUT2D eigenvalue weighted by Crippen LogP contribution is -2.35. The summed E-state index contributed by atoms with van der Waals surface area (Å²) >= 11 is 6.52. The van der Waals surface area contributed by atoms with E-state index in [4.69, 9.17) is 27.2 Å². The van der Waals surface area contributed by atoms with Gasteiger partial charge in [0.25, 0.3) is 0 Å². The Labute approximate surface area is 153 Å². The maximum atomic E-state index is 11.8. The van der Waals surface area contributed by atoms with Gasteiger partial charge >= 0.3 is 0 Å². The average Bonchev–Trinajstić information content (AvgIpc) is 2.96. The number of hydrogen-bond acceptors (Lipinski definition) is 6. The van der Waals surface area contributed by atoms with Crippen molar-refractivity contribution < 1.29 is 13.2 Å². The van der Waals surface area contributed by atoms with Gasteiger partial charge in [-0.15, -0.1) is 0 Å². The van der Waals surface area contributed by atoms with Crippen molar-refractivity contribution in [2.75, 3.05) is 18.1 Å². The van der Waals surface area contributed by atoms with Crippen LogP contribution in [0.5, 0.6) is 0 Å². The quantitative estimate of drug-likeness (QED) is 0.483. The molecule has 3 heterocycles. The molecule has 9 heteroatoms. The van der Waals surface area contributed by atoms with Gasteiger partial charge in [-0.2, -0.15) is 0 Å². The van der Waals surface area contributed by atoms with Crippen molar-refractivity contribution in [1.29, 1.82) is 0 Å². The summed E-state index contributed by atoms with van der Waals surface area (Å²) in [5, 5.41) is 1.52. The van der Waals surface area contributed by atoms with E-state index in [2.05, 4.69) is 4.57 Å². The normalized spacial score (nSPS) is 23.9. The summed E-state index contributed by atoms with van der Waals surface area (Å²) in [4.78, 5) is 4.72. The number of hydrazine groups is 1. The van der Waals surface area contributed by atoms with Gasteiger partial charge in [0.1, 0.15) is 28.0 Å². The molecule has 3 rings (SSSR count). The third kappa shape index (κ3) is 3.32. The number of alkyl halides is 1. The molecule has 2 aliphatic rings. The Hall–Kier alpha value is -1.09. The fourth-order valence-corrected chi connectivity index (χ4v) is 5.29. The van der Waals surface area contributed by atoms with Gasteiger partial charge in [-0.05, 0) is 39.2 Å². The van der Waals surface area contributed by atoms with E-state index in [9.17, 15) is 8.42 Å². The van der Waals surface area contributed by atoms with Crippen molar-refractivity contribution in [2.45, 2.75) is 51.8 Å². The number of nitrogens with zero attached hydrogens (tertiary/aromatic N) is 3. The van der Waals surface area contributed by atoms with Crippen LogP contribution in [0.1, 0.15) is 62.4 Å². The van der Waals surface area contributed by atoms with Gasteiger partial charge in [0, 0.05) is 18.3 Å². The van der Waals surface area contributed by atoms with Crippen LogP contribution in [0, 0.1) is 0 Å². The minimum atomic E-state index is -2.93. The lowest BCUT2D eigenvalue weighted by Gasteiger charge is -2.33. The molecule has 0 amide bonds. The molecule has 2 aliphatic heterocycles. The molecule has 0 radical (unpaired) electrons. The maximum Gasteiger partial charge on any atom is 0.162 e. The SMILES string of the molecule is CCOCc1nc2c(n1C1CCS(=O)(=O)CC1)C(C)=C(C)N(N)C2Cl. The van der Waals surface area contributed by atoms with E-state index in [0.29, 0.717) is 26.1 Å². The Morgan fingerprint density at radius 1 is 1.32 bits per heavy atom. The zero-order chi connectivity index (χ0) is 18.4. The highest BCUT2D eigenvalue weighted by atomic mass is 35.5. The van der Waals surface area contributed by atoms with E-state index >= 15 is 0 Å². The molecule has 0 bridgehead atoms. The van der Waals surface area contributed by atoms with Gasteiger partial charge in [-0.25, -0.2) is 19.2 Å². The van der Waals surface area contributed by atoms with Crippen LogP contribution in [0.4, 0.5) is 0 Å². The van der Waals surface area contributed by atoms with Crippen LogP contribution >= 0.6 is 11.6 Å². The molecule has 140 valence electrons. The van der Waals surface area contributed by atoms with Crippen molar-refractivity contribution in [1.82, 2.24) is 14.6 Å². The van der Waals surface area contributed by atoms with Crippen molar-refractivity contribution >= 4 is 27.0 Å². The molecule has 1 unspecified atom stereocenters.